The van der Waals surface area contributed by atoms with Crippen molar-refractivity contribution in [2.75, 3.05) is 31.1 Å². The number of rotatable bonds is 3. The number of anilines is 1. The molecule has 6 heteroatoms. The number of piperazine rings is 1. The number of nitrogens with zero attached hydrogens (tertiary/aromatic N) is 3. The molecule has 0 aliphatic carbocycles. The topological polar surface area (TPSA) is 64.4 Å². The minimum atomic E-state index is -3.52. The molecule has 27 heavy (non-hydrogen) atoms. The first-order valence-electron chi connectivity index (χ1n) is 9.08. The lowest BCUT2D eigenvalue weighted by atomic mass is 10.0. The van der Waals surface area contributed by atoms with E-state index in [1.165, 1.54) is 0 Å². The standard InChI is InChI=1S/C21H25N3O2S/c1-15-13-16(2)18(4)21(17(15)3)27(25,26)24-11-9-23(10-12-24)20-7-5-19(14-22)6-8-20/h5-8,13H,9-12H2,1-4H3. The summed E-state index contributed by atoms with van der Waals surface area (Å²) in [4.78, 5) is 2.63. The number of hydrogen-bond acceptors (Lipinski definition) is 4. The average Bonchev–Trinajstić information content (AvgIpc) is 2.66. The average molecular weight is 384 g/mol. The fraction of sp³-hybridized carbons (Fsp3) is 0.381. The Morgan fingerprint density at radius 2 is 1.41 bits per heavy atom. The molecule has 0 spiro atoms. The minimum absolute atomic E-state index is 0.453. The second-order valence-electron chi connectivity index (χ2n) is 7.14. The highest BCUT2D eigenvalue weighted by Gasteiger charge is 2.31. The highest BCUT2D eigenvalue weighted by atomic mass is 32.2. The number of hydrogen-bond donors (Lipinski definition) is 0. The predicted octanol–water partition coefficient (Wildman–Crippen LogP) is 3.30. The van der Waals surface area contributed by atoms with Gasteiger partial charge < -0.3 is 4.90 Å². The Labute approximate surface area is 161 Å². The van der Waals surface area contributed by atoms with Gasteiger partial charge in [0, 0.05) is 31.9 Å². The Kier molecular flexibility index (Phi) is 5.27. The zero-order chi connectivity index (χ0) is 19.8. The van der Waals surface area contributed by atoms with Gasteiger partial charge in [-0.1, -0.05) is 6.07 Å². The summed E-state index contributed by atoms with van der Waals surface area (Å²) >= 11 is 0. The van der Waals surface area contributed by atoms with Crippen LogP contribution in [0.2, 0.25) is 0 Å². The summed E-state index contributed by atoms with van der Waals surface area (Å²) in [5.41, 5.74) is 5.34. The molecular formula is C21H25N3O2S. The van der Waals surface area contributed by atoms with Crippen LogP contribution in [0, 0.1) is 39.0 Å². The maximum absolute atomic E-state index is 13.3. The first kappa shape index (κ1) is 19.4. The van der Waals surface area contributed by atoms with Crippen molar-refractivity contribution in [3.05, 3.63) is 58.1 Å². The van der Waals surface area contributed by atoms with Gasteiger partial charge in [-0.2, -0.15) is 9.57 Å². The smallest absolute Gasteiger partial charge is 0.243 e. The van der Waals surface area contributed by atoms with Crippen LogP contribution in [0.4, 0.5) is 5.69 Å². The number of benzene rings is 2. The molecule has 1 heterocycles. The van der Waals surface area contributed by atoms with Gasteiger partial charge in [0.2, 0.25) is 10.0 Å². The second-order valence-corrected chi connectivity index (χ2v) is 9.01. The Bertz CT molecular complexity index is 971. The lowest BCUT2D eigenvalue weighted by Crippen LogP contribution is -2.49. The summed E-state index contributed by atoms with van der Waals surface area (Å²) in [6.45, 7) is 9.88. The summed E-state index contributed by atoms with van der Waals surface area (Å²) in [7, 11) is -3.52. The van der Waals surface area contributed by atoms with E-state index in [9.17, 15) is 8.42 Å². The van der Waals surface area contributed by atoms with Crippen LogP contribution in [0.1, 0.15) is 27.8 Å². The van der Waals surface area contributed by atoms with E-state index >= 15 is 0 Å². The molecule has 3 rings (SSSR count). The van der Waals surface area contributed by atoms with Gasteiger partial charge in [0.15, 0.2) is 0 Å². The summed E-state index contributed by atoms with van der Waals surface area (Å²) in [5, 5.41) is 8.92. The van der Waals surface area contributed by atoms with Crippen LogP contribution in [-0.4, -0.2) is 38.9 Å². The Morgan fingerprint density at radius 3 is 1.89 bits per heavy atom. The van der Waals surface area contributed by atoms with Gasteiger partial charge in [0.05, 0.1) is 16.5 Å². The highest BCUT2D eigenvalue weighted by molar-refractivity contribution is 7.89. The molecule has 0 radical (unpaired) electrons. The first-order valence-corrected chi connectivity index (χ1v) is 10.5. The van der Waals surface area contributed by atoms with Crippen molar-refractivity contribution >= 4 is 15.7 Å². The van der Waals surface area contributed by atoms with Crippen LogP contribution in [0.3, 0.4) is 0 Å². The van der Waals surface area contributed by atoms with Gasteiger partial charge in [0.25, 0.3) is 0 Å². The SMILES string of the molecule is Cc1cc(C)c(C)c(S(=O)(=O)N2CCN(c3ccc(C#N)cc3)CC2)c1C. The number of aryl methyl sites for hydroxylation is 2. The lowest BCUT2D eigenvalue weighted by Gasteiger charge is -2.36. The largest absolute Gasteiger partial charge is 0.369 e. The van der Waals surface area contributed by atoms with E-state index in [0.29, 0.717) is 36.6 Å². The van der Waals surface area contributed by atoms with Crippen molar-refractivity contribution in [3.8, 4) is 6.07 Å². The fourth-order valence-corrected chi connectivity index (χ4v) is 5.63. The van der Waals surface area contributed by atoms with Crippen LogP contribution < -0.4 is 4.90 Å². The van der Waals surface area contributed by atoms with E-state index in [0.717, 1.165) is 27.9 Å². The molecule has 0 aromatic heterocycles. The molecule has 0 unspecified atom stereocenters. The van der Waals surface area contributed by atoms with Crippen LogP contribution in [0.5, 0.6) is 0 Å². The van der Waals surface area contributed by atoms with E-state index in [-0.39, 0.29) is 0 Å². The highest BCUT2D eigenvalue weighted by Crippen LogP contribution is 2.29. The summed E-state index contributed by atoms with van der Waals surface area (Å²) in [5.74, 6) is 0. The van der Waals surface area contributed by atoms with Crippen LogP contribution in [0.25, 0.3) is 0 Å². The van der Waals surface area contributed by atoms with E-state index in [2.05, 4.69) is 11.0 Å². The van der Waals surface area contributed by atoms with Crippen molar-refractivity contribution in [3.63, 3.8) is 0 Å². The van der Waals surface area contributed by atoms with Crippen molar-refractivity contribution in [2.24, 2.45) is 0 Å². The fourth-order valence-electron chi connectivity index (χ4n) is 3.63. The molecule has 0 bridgehead atoms. The molecule has 2 aromatic rings. The Hall–Kier alpha value is -2.36. The predicted molar refractivity (Wildman–Crippen MR) is 108 cm³/mol. The van der Waals surface area contributed by atoms with E-state index in [1.807, 2.05) is 45.9 Å². The van der Waals surface area contributed by atoms with Gasteiger partial charge in [-0.05, 0) is 74.2 Å². The molecule has 1 aliphatic rings. The minimum Gasteiger partial charge on any atom is -0.369 e. The van der Waals surface area contributed by atoms with Gasteiger partial charge in [-0.3, -0.25) is 0 Å². The molecule has 0 amide bonds. The zero-order valence-corrected chi connectivity index (χ0v) is 17.1. The molecule has 1 aliphatic heterocycles. The number of sulfonamides is 1. The van der Waals surface area contributed by atoms with Crippen molar-refractivity contribution in [1.29, 1.82) is 5.26 Å². The second kappa shape index (κ2) is 7.34. The lowest BCUT2D eigenvalue weighted by molar-refractivity contribution is 0.384. The van der Waals surface area contributed by atoms with E-state index in [4.69, 9.17) is 5.26 Å². The first-order chi connectivity index (χ1) is 12.8. The molecule has 1 saturated heterocycles. The van der Waals surface area contributed by atoms with E-state index in [1.54, 1.807) is 16.4 Å². The zero-order valence-electron chi connectivity index (χ0n) is 16.3. The van der Waals surface area contributed by atoms with Gasteiger partial charge in [0.1, 0.15) is 0 Å². The van der Waals surface area contributed by atoms with Gasteiger partial charge in [-0.15, -0.1) is 0 Å². The maximum Gasteiger partial charge on any atom is 0.243 e. The van der Waals surface area contributed by atoms with Crippen LogP contribution in [0.15, 0.2) is 35.2 Å². The maximum atomic E-state index is 13.3. The Balaban J connectivity index is 1.82. The molecule has 0 saturated carbocycles. The molecule has 2 aromatic carbocycles. The molecular weight excluding hydrogens is 358 g/mol. The van der Waals surface area contributed by atoms with Crippen molar-refractivity contribution in [2.45, 2.75) is 32.6 Å². The van der Waals surface area contributed by atoms with Gasteiger partial charge in [-0.25, -0.2) is 8.42 Å². The third-order valence-electron chi connectivity index (χ3n) is 5.50. The molecule has 142 valence electrons. The molecule has 1 fully saturated rings. The summed E-state index contributed by atoms with van der Waals surface area (Å²) in [6.07, 6.45) is 0. The Morgan fingerprint density at radius 1 is 0.889 bits per heavy atom. The molecule has 0 atom stereocenters. The van der Waals surface area contributed by atoms with Gasteiger partial charge >= 0.3 is 0 Å². The third kappa shape index (κ3) is 3.58. The quantitative estimate of drug-likeness (QED) is 0.816. The van der Waals surface area contributed by atoms with Crippen LogP contribution >= 0.6 is 0 Å². The van der Waals surface area contributed by atoms with E-state index < -0.39 is 10.0 Å². The van der Waals surface area contributed by atoms with Crippen molar-refractivity contribution in [1.82, 2.24) is 4.31 Å². The number of nitriles is 1. The normalized spacial score (nSPS) is 15.6. The third-order valence-corrected chi connectivity index (χ3v) is 7.67. The van der Waals surface area contributed by atoms with Crippen molar-refractivity contribution < 1.29 is 8.42 Å². The summed E-state index contributed by atoms with van der Waals surface area (Å²) in [6, 6.07) is 11.6. The molecule has 5 nitrogen and oxygen atoms in total. The molecule has 0 N–H and O–H groups in total. The van der Waals surface area contributed by atoms with Crippen LogP contribution in [-0.2, 0) is 10.0 Å². The monoisotopic (exact) mass is 383 g/mol. The summed E-state index contributed by atoms with van der Waals surface area (Å²) < 4.78 is 28.3.